The predicted molar refractivity (Wildman–Crippen MR) is 134 cm³/mol. The largest absolute Gasteiger partial charge is 0.573 e. The zero-order valence-corrected chi connectivity index (χ0v) is 20.9. The third kappa shape index (κ3) is 5.84. The Labute approximate surface area is 213 Å². The number of rotatable bonds is 5. The minimum Gasteiger partial charge on any atom is -0.406 e. The minimum atomic E-state index is -4.74. The highest BCUT2D eigenvalue weighted by Crippen LogP contribution is 2.40. The van der Waals surface area contributed by atoms with Crippen LogP contribution in [0, 0.1) is 11.8 Å². The molecule has 198 valence electrons. The Balaban J connectivity index is 1.50. The Bertz CT molecular complexity index is 1240. The summed E-state index contributed by atoms with van der Waals surface area (Å²) in [5, 5.41) is 3.29. The number of aromatic nitrogens is 2. The van der Waals surface area contributed by atoms with Crippen molar-refractivity contribution in [3.63, 3.8) is 0 Å². The molecule has 1 saturated heterocycles. The number of alkyl halides is 3. The van der Waals surface area contributed by atoms with E-state index in [9.17, 15) is 18.0 Å². The van der Waals surface area contributed by atoms with Gasteiger partial charge < -0.3 is 24.3 Å². The molecule has 1 aromatic heterocycles. The summed E-state index contributed by atoms with van der Waals surface area (Å²) in [6, 6.07) is 11.4. The number of ether oxygens (including phenoxy) is 2. The molecule has 2 atom stereocenters. The molecule has 37 heavy (non-hydrogen) atoms. The standard InChI is InChI=1S/C27H31F3N4O3/c1-17-13-18(2)15-21(14-17)34-24-16-19(25(35)33-9-11-36-12-10-33)3-8-23(24)32-26(34)31-20-4-6-22(7-5-20)37-27(28,29)30/h3-8,16-18,21H,9-15H2,1-2H3,(H,31,32). The zero-order chi connectivity index (χ0) is 26.2. The maximum atomic E-state index is 13.2. The summed E-state index contributed by atoms with van der Waals surface area (Å²) >= 11 is 0. The Morgan fingerprint density at radius 1 is 1.03 bits per heavy atom. The molecule has 5 rings (SSSR count). The van der Waals surface area contributed by atoms with Gasteiger partial charge in [0.2, 0.25) is 5.95 Å². The van der Waals surface area contributed by atoms with Crippen molar-refractivity contribution < 1.29 is 27.4 Å². The SMILES string of the molecule is CC1CC(C)CC(n2c(Nc3ccc(OC(F)(F)F)cc3)nc3ccc(C(=O)N4CCOCC4)cc32)C1. The summed E-state index contributed by atoms with van der Waals surface area (Å²) in [6.45, 7) is 6.70. The highest BCUT2D eigenvalue weighted by Gasteiger charge is 2.31. The monoisotopic (exact) mass is 516 g/mol. The molecule has 7 nitrogen and oxygen atoms in total. The number of imidazole rings is 1. The van der Waals surface area contributed by atoms with Gasteiger partial charge in [-0.15, -0.1) is 13.2 Å². The van der Waals surface area contributed by atoms with Crippen LogP contribution in [0.4, 0.5) is 24.8 Å². The summed E-state index contributed by atoms with van der Waals surface area (Å²) in [6.07, 6.45) is -1.63. The molecule has 0 radical (unpaired) electrons. The summed E-state index contributed by atoms with van der Waals surface area (Å²) in [5.41, 5.74) is 2.81. The van der Waals surface area contributed by atoms with Crippen molar-refractivity contribution in [2.75, 3.05) is 31.6 Å². The van der Waals surface area contributed by atoms with Gasteiger partial charge in [0.25, 0.3) is 5.91 Å². The molecule has 1 aliphatic heterocycles. The number of fused-ring (bicyclic) bond motifs is 1. The van der Waals surface area contributed by atoms with Crippen LogP contribution in [0.15, 0.2) is 42.5 Å². The third-order valence-corrected chi connectivity index (χ3v) is 7.10. The number of hydrogen-bond acceptors (Lipinski definition) is 5. The predicted octanol–water partition coefficient (Wildman–Crippen LogP) is 6.15. The normalized spacial score (nSPS) is 22.7. The Kier molecular flexibility index (Phi) is 7.02. The molecule has 3 aromatic rings. The van der Waals surface area contributed by atoms with Crippen LogP contribution in [0.5, 0.6) is 5.75 Å². The van der Waals surface area contributed by atoms with Crippen molar-refractivity contribution >= 4 is 28.6 Å². The average Bonchev–Trinajstić information content (AvgIpc) is 3.21. The lowest BCUT2D eigenvalue weighted by molar-refractivity contribution is -0.274. The van der Waals surface area contributed by atoms with Crippen LogP contribution in [-0.4, -0.2) is 53.0 Å². The maximum absolute atomic E-state index is 13.2. The van der Waals surface area contributed by atoms with Gasteiger partial charge in [-0.3, -0.25) is 4.79 Å². The van der Waals surface area contributed by atoms with E-state index in [-0.39, 0.29) is 17.7 Å². The van der Waals surface area contributed by atoms with Crippen LogP contribution in [0.25, 0.3) is 11.0 Å². The number of nitrogens with one attached hydrogen (secondary N) is 1. The Morgan fingerprint density at radius 3 is 2.35 bits per heavy atom. The topological polar surface area (TPSA) is 68.6 Å². The molecule has 1 N–H and O–H groups in total. The van der Waals surface area contributed by atoms with Crippen LogP contribution >= 0.6 is 0 Å². The molecule has 2 aliphatic rings. The lowest BCUT2D eigenvalue weighted by Crippen LogP contribution is -2.40. The van der Waals surface area contributed by atoms with Gasteiger partial charge in [-0.2, -0.15) is 0 Å². The van der Waals surface area contributed by atoms with E-state index in [4.69, 9.17) is 9.72 Å². The van der Waals surface area contributed by atoms with Crippen molar-refractivity contribution in [2.45, 2.75) is 45.5 Å². The van der Waals surface area contributed by atoms with E-state index in [2.05, 4.69) is 28.5 Å². The average molecular weight is 517 g/mol. The van der Waals surface area contributed by atoms with Crippen molar-refractivity contribution in [3.05, 3.63) is 48.0 Å². The van der Waals surface area contributed by atoms with Crippen LogP contribution < -0.4 is 10.1 Å². The molecule has 2 heterocycles. The summed E-state index contributed by atoms with van der Waals surface area (Å²) < 4.78 is 49.2. The number of amides is 1. The molecule has 2 aromatic carbocycles. The summed E-state index contributed by atoms with van der Waals surface area (Å²) in [4.78, 5) is 19.8. The van der Waals surface area contributed by atoms with E-state index in [1.807, 2.05) is 12.1 Å². The lowest BCUT2D eigenvalue weighted by Gasteiger charge is -2.33. The van der Waals surface area contributed by atoms with E-state index in [1.165, 1.54) is 24.3 Å². The quantitative estimate of drug-likeness (QED) is 0.441. The number of anilines is 2. The molecular formula is C27H31F3N4O3. The Hall–Kier alpha value is -3.27. The second-order valence-corrected chi connectivity index (χ2v) is 10.2. The van der Waals surface area contributed by atoms with E-state index < -0.39 is 6.36 Å². The first-order chi connectivity index (χ1) is 17.7. The molecule has 10 heteroatoms. The smallest absolute Gasteiger partial charge is 0.406 e. The number of carbonyl (C=O) groups excluding carboxylic acids is 1. The van der Waals surface area contributed by atoms with E-state index in [1.54, 1.807) is 11.0 Å². The third-order valence-electron chi connectivity index (χ3n) is 7.10. The second-order valence-electron chi connectivity index (χ2n) is 10.2. The van der Waals surface area contributed by atoms with Crippen molar-refractivity contribution in [1.82, 2.24) is 14.5 Å². The number of hydrogen-bond donors (Lipinski definition) is 1. The molecule has 0 spiro atoms. The van der Waals surface area contributed by atoms with Crippen molar-refractivity contribution in [1.29, 1.82) is 0 Å². The summed E-state index contributed by atoms with van der Waals surface area (Å²) in [5.74, 6) is 1.36. The van der Waals surface area contributed by atoms with E-state index in [0.29, 0.717) is 55.3 Å². The van der Waals surface area contributed by atoms with Crippen molar-refractivity contribution in [3.8, 4) is 5.75 Å². The number of nitrogens with zero attached hydrogens (tertiary/aromatic N) is 3. The van der Waals surface area contributed by atoms with Gasteiger partial charge in [-0.25, -0.2) is 4.98 Å². The van der Waals surface area contributed by atoms with Crippen molar-refractivity contribution in [2.24, 2.45) is 11.8 Å². The van der Waals surface area contributed by atoms with Gasteiger partial charge in [-0.1, -0.05) is 13.8 Å². The van der Waals surface area contributed by atoms with E-state index >= 15 is 0 Å². The number of carbonyl (C=O) groups is 1. The Morgan fingerprint density at radius 2 is 1.70 bits per heavy atom. The molecule has 1 saturated carbocycles. The molecule has 1 amide bonds. The molecule has 0 bridgehead atoms. The molecule has 2 fully saturated rings. The van der Waals surface area contributed by atoms with Crippen LogP contribution in [0.1, 0.15) is 49.5 Å². The van der Waals surface area contributed by atoms with Crippen LogP contribution in [0.2, 0.25) is 0 Å². The fraction of sp³-hybridized carbons (Fsp3) is 0.481. The van der Waals surface area contributed by atoms with Crippen LogP contribution in [-0.2, 0) is 4.74 Å². The number of morpholine rings is 1. The minimum absolute atomic E-state index is 0.0295. The zero-order valence-electron chi connectivity index (χ0n) is 20.9. The second kappa shape index (κ2) is 10.2. The van der Waals surface area contributed by atoms with E-state index in [0.717, 1.165) is 30.3 Å². The summed E-state index contributed by atoms with van der Waals surface area (Å²) in [7, 11) is 0. The van der Waals surface area contributed by atoms with Gasteiger partial charge in [0.1, 0.15) is 5.75 Å². The molecule has 1 aliphatic carbocycles. The van der Waals surface area contributed by atoms with Gasteiger partial charge in [0, 0.05) is 30.4 Å². The number of halogens is 3. The van der Waals surface area contributed by atoms with Crippen LogP contribution in [0.3, 0.4) is 0 Å². The highest BCUT2D eigenvalue weighted by atomic mass is 19.4. The first kappa shape index (κ1) is 25.4. The van der Waals surface area contributed by atoms with Gasteiger partial charge in [0.15, 0.2) is 0 Å². The maximum Gasteiger partial charge on any atom is 0.573 e. The lowest BCUT2D eigenvalue weighted by atomic mass is 9.80. The van der Waals surface area contributed by atoms with Gasteiger partial charge in [-0.05, 0) is 73.6 Å². The first-order valence-electron chi connectivity index (χ1n) is 12.7. The first-order valence-corrected chi connectivity index (χ1v) is 12.7. The fourth-order valence-electron chi connectivity index (χ4n) is 5.62. The molecular weight excluding hydrogens is 485 g/mol. The fourth-order valence-corrected chi connectivity index (χ4v) is 5.62. The van der Waals surface area contributed by atoms with Gasteiger partial charge >= 0.3 is 6.36 Å². The number of benzene rings is 2. The van der Waals surface area contributed by atoms with Gasteiger partial charge in [0.05, 0.1) is 24.2 Å². The molecule has 2 unspecified atom stereocenters. The highest BCUT2D eigenvalue weighted by molar-refractivity contribution is 5.98.